The second kappa shape index (κ2) is 5.68. The highest BCUT2D eigenvalue weighted by Gasteiger charge is 2.08. The van der Waals surface area contributed by atoms with Crippen LogP contribution in [0.2, 0.25) is 0 Å². The van der Waals surface area contributed by atoms with Gasteiger partial charge in [0.15, 0.2) is 0 Å². The van der Waals surface area contributed by atoms with Crippen molar-refractivity contribution >= 4 is 0 Å². The van der Waals surface area contributed by atoms with E-state index in [2.05, 4.69) is 15.2 Å². The van der Waals surface area contributed by atoms with E-state index in [1.54, 1.807) is 12.4 Å². The lowest BCUT2D eigenvalue weighted by molar-refractivity contribution is 0.191. The molecule has 15 heavy (non-hydrogen) atoms. The summed E-state index contributed by atoms with van der Waals surface area (Å²) in [5.74, 6) is 0.854. The molecular formula is C11H17N3O. The second-order valence-electron chi connectivity index (χ2n) is 3.63. The molecule has 0 bridgehead atoms. The largest absolute Gasteiger partial charge is 0.491 e. The molecule has 1 saturated heterocycles. The molecule has 82 valence electrons. The molecule has 0 unspecified atom stereocenters. The monoisotopic (exact) mass is 207 g/mol. The molecule has 1 aliphatic rings. The van der Waals surface area contributed by atoms with Crippen LogP contribution in [0.5, 0.6) is 5.75 Å². The highest BCUT2D eigenvalue weighted by molar-refractivity contribution is 5.15. The van der Waals surface area contributed by atoms with Gasteiger partial charge in [-0.3, -0.25) is 9.88 Å². The van der Waals surface area contributed by atoms with E-state index in [1.165, 1.54) is 0 Å². The minimum atomic E-state index is 0.742. The average molecular weight is 207 g/mol. The molecule has 1 N–H and O–H groups in total. The maximum Gasteiger partial charge on any atom is 0.137 e. The van der Waals surface area contributed by atoms with Crippen molar-refractivity contribution in [3.63, 3.8) is 0 Å². The molecule has 0 amide bonds. The Morgan fingerprint density at radius 1 is 1.40 bits per heavy atom. The van der Waals surface area contributed by atoms with Crippen molar-refractivity contribution < 1.29 is 4.74 Å². The van der Waals surface area contributed by atoms with Crippen molar-refractivity contribution in [1.29, 1.82) is 0 Å². The van der Waals surface area contributed by atoms with Crippen molar-refractivity contribution in [2.75, 3.05) is 39.3 Å². The number of pyridine rings is 1. The van der Waals surface area contributed by atoms with Crippen LogP contribution in [0.1, 0.15) is 0 Å². The van der Waals surface area contributed by atoms with Crippen molar-refractivity contribution in [3.05, 3.63) is 24.5 Å². The van der Waals surface area contributed by atoms with Gasteiger partial charge in [-0.1, -0.05) is 0 Å². The molecule has 4 nitrogen and oxygen atoms in total. The number of hydrogen-bond acceptors (Lipinski definition) is 4. The van der Waals surface area contributed by atoms with E-state index >= 15 is 0 Å². The third kappa shape index (κ3) is 3.49. The summed E-state index contributed by atoms with van der Waals surface area (Å²) in [6, 6.07) is 3.82. The van der Waals surface area contributed by atoms with Gasteiger partial charge < -0.3 is 10.1 Å². The van der Waals surface area contributed by atoms with Crippen molar-refractivity contribution in [2.24, 2.45) is 0 Å². The van der Waals surface area contributed by atoms with Crippen molar-refractivity contribution in [1.82, 2.24) is 15.2 Å². The van der Waals surface area contributed by atoms with Gasteiger partial charge in [-0.25, -0.2) is 0 Å². The van der Waals surface area contributed by atoms with Crippen LogP contribution in [-0.4, -0.2) is 49.2 Å². The summed E-state index contributed by atoms with van der Waals surface area (Å²) >= 11 is 0. The van der Waals surface area contributed by atoms with Gasteiger partial charge >= 0.3 is 0 Å². The van der Waals surface area contributed by atoms with Crippen LogP contribution in [0.3, 0.4) is 0 Å². The minimum absolute atomic E-state index is 0.742. The molecular weight excluding hydrogens is 190 g/mol. The fourth-order valence-electron chi connectivity index (χ4n) is 1.66. The molecule has 4 heteroatoms. The SMILES string of the molecule is c1cncc(OCCN2CCNCC2)c1. The van der Waals surface area contributed by atoms with Gasteiger partial charge in [0.2, 0.25) is 0 Å². The molecule has 0 atom stereocenters. The molecule has 1 aromatic rings. The van der Waals surface area contributed by atoms with Gasteiger partial charge in [0.25, 0.3) is 0 Å². The predicted molar refractivity (Wildman–Crippen MR) is 59.0 cm³/mol. The number of nitrogens with zero attached hydrogens (tertiary/aromatic N) is 2. The Bertz CT molecular complexity index is 272. The van der Waals surface area contributed by atoms with E-state index in [0.717, 1.165) is 45.1 Å². The first-order chi connectivity index (χ1) is 7.45. The number of hydrogen-bond donors (Lipinski definition) is 1. The quantitative estimate of drug-likeness (QED) is 0.774. The third-order valence-corrected chi connectivity index (χ3v) is 2.52. The highest BCUT2D eigenvalue weighted by atomic mass is 16.5. The minimum Gasteiger partial charge on any atom is -0.491 e. The zero-order valence-corrected chi connectivity index (χ0v) is 8.85. The standard InChI is InChI=1S/C11H17N3O/c1-2-11(10-13-3-1)15-9-8-14-6-4-12-5-7-14/h1-3,10,12H,4-9H2. The normalized spacial score (nSPS) is 17.6. The lowest BCUT2D eigenvalue weighted by Crippen LogP contribution is -2.44. The van der Waals surface area contributed by atoms with Crippen molar-refractivity contribution in [2.45, 2.75) is 0 Å². The van der Waals surface area contributed by atoms with E-state index in [9.17, 15) is 0 Å². The Balaban J connectivity index is 1.66. The molecule has 2 heterocycles. The number of rotatable bonds is 4. The Morgan fingerprint density at radius 3 is 3.00 bits per heavy atom. The molecule has 0 aliphatic carbocycles. The Labute approximate surface area is 90.3 Å². The van der Waals surface area contributed by atoms with E-state index in [0.29, 0.717) is 0 Å². The van der Waals surface area contributed by atoms with Crippen LogP contribution >= 0.6 is 0 Å². The van der Waals surface area contributed by atoms with Crippen LogP contribution in [0, 0.1) is 0 Å². The van der Waals surface area contributed by atoms with E-state index in [-0.39, 0.29) is 0 Å². The third-order valence-electron chi connectivity index (χ3n) is 2.52. The molecule has 2 rings (SSSR count). The summed E-state index contributed by atoms with van der Waals surface area (Å²) in [5.41, 5.74) is 0. The summed E-state index contributed by atoms with van der Waals surface area (Å²) in [5, 5.41) is 3.33. The fraction of sp³-hybridized carbons (Fsp3) is 0.545. The average Bonchev–Trinajstić information content (AvgIpc) is 2.32. The van der Waals surface area contributed by atoms with E-state index in [1.807, 2.05) is 12.1 Å². The number of ether oxygens (including phenoxy) is 1. The summed E-state index contributed by atoms with van der Waals surface area (Å²) in [4.78, 5) is 6.41. The predicted octanol–water partition coefficient (Wildman–Crippen LogP) is 0.366. The Kier molecular flexibility index (Phi) is 3.93. The van der Waals surface area contributed by atoms with Crippen LogP contribution in [-0.2, 0) is 0 Å². The first-order valence-corrected chi connectivity index (χ1v) is 5.41. The summed E-state index contributed by atoms with van der Waals surface area (Å²) < 4.78 is 5.58. The van der Waals surface area contributed by atoms with Crippen LogP contribution < -0.4 is 10.1 Å². The van der Waals surface area contributed by atoms with Gasteiger partial charge in [0, 0.05) is 38.9 Å². The zero-order valence-electron chi connectivity index (χ0n) is 8.85. The first-order valence-electron chi connectivity index (χ1n) is 5.41. The maximum atomic E-state index is 5.58. The lowest BCUT2D eigenvalue weighted by Gasteiger charge is -2.26. The Hall–Kier alpha value is -1.13. The molecule has 0 spiro atoms. The molecule has 1 aliphatic heterocycles. The summed E-state index contributed by atoms with van der Waals surface area (Å²) in [7, 11) is 0. The summed E-state index contributed by atoms with van der Waals surface area (Å²) in [6.45, 7) is 6.16. The van der Waals surface area contributed by atoms with Crippen LogP contribution in [0.15, 0.2) is 24.5 Å². The molecule has 0 radical (unpaired) electrons. The Morgan fingerprint density at radius 2 is 2.27 bits per heavy atom. The van der Waals surface area contributed by atoms with Crippen LogP contribution in [0.4, 0.5) is 0 Å². The lowest BCUT2D eigenvalue weighted by atomic mass is 10.3. The molecule has 1 aromatic heterocycles. The van der Waals surface area contributed by atoms with E-state index < -0.39 is 0 Å². The van der Waals surface area contributed by atoms with Gasteiger partial charge in [-0.2, -0.15) is 0 Å². The fourth-order valence-corrected chi connectivity index (χ4v) is 1.66. The highest BCUT2D eigenvalue weighted by Crippen LogP contribution is 2.05. The number of piperazine rings is 1. The molecule has 0 saturated carbocycles. The summed E-state index contributed by atoms with van der Waals surface area (Å²) in [6.07, 6.45) is 3.50. The smallest absolute Gasteiger partial charge is 0.137 e. The number of aromatic nitrogens is 1. The number of nitrogens with one attached hydrogen (secondary N) is 1. The van der Waals surface area contributed by atoms with E-state index in [4.69, 9.17) is 4.74 Å². The maximum absolute atomic E-state index is 5.58. The van der Waals surface area contributed by atoms with Gasteiger partial charge in [0.1, 0.15) is 12.4 Å². The van der Waals surface area contributed by atoms with Gasteiger partial charge in [0.05, 0.1) is 6.20 Å². The molecule has 0 aromatic carbocycles. The van der Waals surface area contributed by atoms with Crippen molar-refractivity contribution in [3.8, 4) is 5.75 Å². The first kappa shape index (κ1) is 10.4. The van der Waals surface area contributed by atoms with Crippen LogP contribution in [0.25, 0.3) is 0 Å². The molecule has 1 fully saturated rings. The zero-order chi connectivity index (χ0) is 10.3. The topological polar surface area (TPSA) is 37.4 Å². The van der Waals surface area contributed by atoms with Gasteiger partial charge in [-0.15, -0.1) is 0 Å². The second-order valence-corrected chi connectivity index (χ2v) is 3.63. The van der Waals surface area contributed by atoms with Gasteiger partial charge in [-0.05, 0) is 12.1 Å².